The van der Waals surface area contributed by atoms with E-state index < -0.39 is 0 Å². The Morgan fingerprint density at radius 1 is 1.18 bits per heavy atom. The van der Waals surface area contributed by atoms with E-state index in [1.807, 2.05) is 0 Å². The van der Waals surface area contributed by atoms with Gasteiger partial charge >= 0.3 is 0 Å². The number of thiophene rings is 1. The zero-order chi connectivity index (χ0) is 12.0. The van der Waals surface area contributed by atoms with Gasteiger partial charge in [-0.2, -0.15) is 0 Å². The largest absolute Gasteiger partial charge is 0.391 e. The van der Waals surface area contributed by atoms with Gasteiger partial charge in [-0.25, -0.2) is 0 Å². The van der Waals surface area contributed by atoms with Crippen LogP contribution in [0.25, 0.3) is 22.0 Å². The van der Waals surface area contributed by atoms with Crippen molar-refractivity contribution in [2.45, 2.75) is 13.8 Å². The molecule has 0 bridgehead atoms. The van der Waals surface area contributed by atoms with Crippen LogP contribution in [0.15, 0.2) is 30.3 Å². The number of hydrogen-bond donors (Lipinski definition) is 2. The third-order valence-electron chi connectivity index (χ3n) is 3.10. The molecular weight excluding hydrogens is 228 g/mol. The highest BCUT2D eigenvalue weighted by atomic mass is 32.1. The Bertz CT molecular complexity index is 691. The van der Waals surface area contributed by atoms with Crippen LogP contribution in [0, 0.1) is 13.8 Å². The number of aromatic amines is 1. The summed E-state index contributed by atoms with van der Waals surface area (Å²) >= 11 is 1.65. The molecule has 0 aliphatic carbocycles. The highest BCUT2D eigenvalue weighted by molar-refractivity contribution is 7.16. The highest BCUT2D eigenvalue weighted by Gasteiger charge is 2.13. The molecule has 1 aromatic carbocycles. The SMILES string of the molecule is Cc1[nH]c2ccccc2c1-c1cc(N)sc1C. The van der Waals surface area contributed by atoms with Crippen LogP contribution < -0.4 is 5.73 Å². The number of anilines is 1. The molecule has 0 radical (unpaired) electrons. The molecule has 0 aliphatic heterocycles. The molecule has 2 heterocycles. The van der Waals surface area contributed by atoms with Crippen molar-refractivity contribution in [3.63, 3.8) is 0 Å². The first-order valence-corrected chi connectivity index (χ1v) is 6.42. The Balaban J connectivity index is 2.37. The first-order valence-electron chi connectivity index (χ1n) is 5.60. The van der Waals surface area contributed by atoms with Crippen molar-refractivity contribution in [1.82, 2.24) is 4.98 Å². The summed E-state index contributed by atoms with van der Waals surface area (Å²) in [7, 11) is 0. The minimum atomic E-state index is 0.877. The third-order valence-corrected chi connectivity index (χ3v) is 3.98. The van der Waals surface area contributed by atoms with E-state index >= 15 is 0 Å². The van der Waals surface area contributed by atoms with Crippen LogP contribution in [0.3, 0.4) is 0 Å². The van der Waals surface area contributed by atoms with E-state index in [1.54, 1.807) is 11.3 Å². The number of nitrogens with two attached hydrogens (primary N) is 1. The molecule has 0 aliphatic rings. The average molecular weight is 242 g/mol. The molecule has 0 amide bonds. The summed E-state index contributed by atoms with van der Waals surface area (Å²) < 4.78 is 0. The molecular formula is C14H14N2S. The standard InChI is InChI=1S/C14H14N2S/c1-8-14(11-7-13(15)17-9(11)2)10-5-3-4-6-12(10)16-8/h3-7,16H,15H2,1-2H3. The predicted molar refractivity (Wildman–Crippen MR) is 75.5 cm³/mol. The summed E-state index contributed by atoms with van der Waals surface area (Å²) in [6.07, 6.45) is 0. The van der Waals surface area contributed by atoms with Crippen LogP contribution in [-0.4, -0.2) is 4.98 Å². The lowest BCUT2D eigenvalue weighted by Crippen LogP contribution is -1.79. The molecule has 3 aromatic rings. The topological polar surface area (TPSA) is 41.8 Å². The highest BCUT2D eigenvalue weighted by Crippen LogP contribution is 2.38. The van der Waals surface area contributed by atoms with Gasteiger partial charge in [-0.15, -0.1) is 11.3 Å². The van der Waals surface area contributed by atoms with Gasteiger partial charge in [-0.05, 0) is 31.5 Å². The number of nitrogen functional groups attached to an aromatic ring is 1. The number of fused-ring (bicyclic) bond motifs is 1. The molecule has 0 saturated carbocycles. The fourth-order valence-corrected chi connectivity index (χ4v) is 3.18. The monoisotopic (exact) mass is 242 g/mol. The second-order valence-electron chi connectivity index (χ2n) is 4.29. The Morgan fingerprint density at radius 2 is 1.94 bits per heavy atom. The molecule has 3 heteroatoms. The van der Waals surface area contributed by atoms with Crippen molar-refractivity contribution in [1.29, 1.82) is 0 Å². The summed E-state index contributed by atoms with van der Waals surface area (Å²) in [4.78, 5) is 4.70. The van der Waals surface area contributed by atoms with E-state index in [9.17, 15) is 0 Å². The Morgan fingerprint density at radius 3 is 2.65 bits per heavy atom. The van der Waals surface area contributed by atoms with Gasteiger partial charge in [0.1, 0.15) is 0 Å². The van der Waals surface area contributed by atoms with Crippen LogP contribution in [0.4, 0.5) is 5.00 Å². The fourth-order valence-electron chi connectivity index (χ4n) is 2.38. The van der Waals surface area contributed by atoms with E-state index in [2.05, 4.69) is 49.2 Å². The molecule has 0 fully saturated rings. The van der Waals surface area contributed by atoms with Crippen LogP contribution >= 0.6 is 11.3 Å². The quantitative estimate of drug-likeness (QED) is 0.663. The Labute approximate surface area is 104 Å². The molecule has 0 spiro atoms. The normalized spacial score (nSPS) is 11.2. The molecule has 0 unspecified atom stereocenters. The minimum absolute atomic E-state index is 0.877. The number of para-hydroxylation sites is 1. The van der Waals surface area contributed by atoms with Crippen molar-refractivity contribution < 1.29 is 0 Å². The van der Waals surface area contributed by atoms with Crippen LogP contribution in [0.1, 0.15) is 10.6 Å². The first-order chi connectivity index (χ1) is 8.16. The zero-order valence-electron chi connectivity index (χ0n) is 9.87. The van der Waals surface area contributed by atoms with Crippen molar-refractivity contribution >= 4 is 27.2 Å². The third kappa shape index (κ3) is 1.54. The van der Waals surface area contributed by atoms with E-state index in [1.165, 1.54) is 32.6 Å². The maximum atomic E-state index is 5.89. The van der Waals surface area contributed by atoms with Crippen LogP contribution in [0.2, 0.25) is 0 Å². The number of benzene rings is 1. The van der Waals surface area contributed by atoms with Gasteiger partial charge in [-0.1, -0.05) is 18.2 Å². The number of hydrogen-bond acceptors (Lipinski definition) is 2. The summed E-state index contributed by atoms with van der Waals surface area (Å²) in [6, 6.07) is 10.5. The van der Waals surface area contributed by atoms with Gasteiger partial charge in [0, 0.05) is 27.0 Å². The van der Waals surface area contributed by atoms with Gasteiger partial charge in [0.2, 0.25) is 0 Å². The molecule has 0 atom stereocenters. The van der Waals surface area contributed by atoms with Gasteiger partial charge in [0.15, 0.2) is 0 Å². The first kappa shape index (κ1) is 10.4. The number of H-pyrrole nitrogens is 1. The van der Waals surface area contributed by atoms with Gasteiger partial charge in [0.05, 0.1) is 5.00 Å². The molecule has 2 nitrogen and oxygen atoms in total. The van der Waals surface area contributed by atoms with E-state index in [-0.39, 0.29) is 0 Å². The predicted octanol–water partition coefficient (Wildman–Crippen LogP) is 4.10. The number of aromatic nitrogens is 1. The number of aryl methyl sites for hydroxylation is 2. The van der Waals surface area contributed by atoms with Crippen LogP contribution in [-0.2, 0) is 0 Å². The molecule has 86 valence electrons. The lowest BCUT2D eigenvalue weighted by atomic mass is 10.0. The zero-order valence-corrected chi connectivity index (χ0v) is 10.7. The van der Waals surface area contributed by atoms with Crippen molar-refractivity contribution in [3.05, 3.63) is 40.9 Å². The van der Waals surface area contributed by atoms with Crippen LogP contribution in [0.5, 0.6) is 0 Å². The minimum Gasteiger partial charge on any atom is -0.391 e. The lowest BCUT2D eigenvalue weighted by molar-refractivity contribution is 1.30. The smallest absolute Gasteiger partial charge is 0.0865 e. The lowest BCUT2D eigenvalue weighted by Gasteiger charge is -2.00. The maximum absolute atomic E-state index is 5.89. The van der Waals surface area contributed by atoms with Crippen molar-refractivity contribution in [2.75, 3.05) is 5.73 Å². The van der Waals surface area contributed by atoms with Gasteiger partial charge < -0.3 is 10.7 Å². The molecule has 3 rings (SSSR count). The van der Waals surface area contributed by atoms with Gasteiger partial charge in [-0.3, -0.25) is 0 Å². The molecule has 17 heavy (non-hydrogen) atoms. The Hall–Kier alpha value is -1.74. The summed E-state index contributed by atoms with van der Waals surface area (Å²) in [5.74, 6) is 0. The number of nitrogens with one attached hydrogen (secondary N) is 1. The summed E-state index contributed by atoms with van der Waals surface area (Å²) in [5.41, 5.74) is 10.8. The summed E-state index contributed by atoms with van der Waals surface area (Å²) in [5, 5.41) is 2.15. The van der Waals surface area contributed by atoms with Gasteiger partial charge in [0.25, 0.3) is 0 Å². The second-order valence-corrected chi connectivity index (χ2v) is 5.58. The van der Waals surface area contributed by atoms with E-state index in [4.69, 9.17) is 5.73 Å². The fraction of sp³-hybridized carbons (Fsp3) is 0.143. The maximum Gasteiger partial charge on any atom is 0.0865 e. The van der Waals surface area contributed by atoms with Crippen molar-refractivity contribution in [2.24, 2.45) is 0 Å². The van der Waals surface area contributed by atoms with Crippen molar-refractivity contribution in [3.8, 4) is 11.1 Å². The van der Waals surface area contributed by atoms with E-state index in [0.717, 1.165) is 5.00 Å². The van der Waals surface area contributed by atoms with E-state index in [0.29, 0.717) is 0 Å². The molecule has 3 N–H and O–H groups in total. The Kier molecular flexibility index (Phi) is 2.23. The second kappa shape index (κ2) is 3.64. The molecule has 2 aromatic heterocycles. The molecule has 0 saturated heterocycles. The average Bonchev–Trinajstić information content (AvgIpc) is 2.77. The number of rotatable bonds is 1. The summed E-state index contributed by atoms with van der Waals surface area (Å²) in [6.45, 7) is 4.24.